The maximum absolute atomic E-state index is 11.9. The third kappa shape index (κ3) is 2.69. The second kappa shape index (κ2) is 5.41. The molecule has 2 aliphatic rings. The molecule has 21 heavy (non-hydrogen) atoms. The topological polar surface area (TPSA) is 36.4 Å². The number of ketones is 1. The summed E-state index contributed by atoms with van der Waals surface area (Å²) in [5.74, 6) is 1.14. The average Bonchev–Trinajstić information content (AvgIpc) is 2.46. The molecular formula is C17H25N3O. The summed E-state index contributed by atoms with van der Waals surface area (Å²) in [6.45, 7) is 8.57. The lowest BCUT2D eigenvalue weighted by Crippen LogP contribution is -2.60. The SMILES string of the molecule is CCC(=O)c1ccc(C)c(N2CC3(CCN(C)CC3)C2)n1. The highest BCUT2D eigenvalue weighted by Gasteiger charge is 2.45. The van der Waals surface area contributed by atoms with Crippen molar-refractivity contribution in [3.05, 3.63) is 23.4 Å². The van der Waals surface area contributed by atoms with Gasteiger partial charge in [0, 0.05) is 24.9 Å². The van der Waals surface area contributed by atoms with E-state index >= 15 is 0 Å². The molecule has 0 aliphatic carbocycles. The maximum atomic E-state index is 11.9. The molecular weight excluding hydrogens is 262 g/mol. The summed E-state index contributed by atoms with van der Waals surface area (Å²) in [7, 11) is 2.20. The van der Waals surface area contributed by atoms with E-state index in [1.807, 2.05) is 19.1 Å². The Hall–Kier alpha value is -1.42. The normalized spacial score (nSPS) is 21.4. The molecule has 0 N–H and O–H groups in total. The van der Waals surface area contributed by atoms with E-state index in [1.54, 1.807) is 0 Å². The van der Waals surface area contributed by atoms with Crippen LogP contribution in [-0.4, -0.2) is 48.9 Å². The van der Waals surface area contributed by atoms with Crippen LogP contribution in [-0.2, 0) is 0 Å². The fourth-order valence-corrected chi connectivity index (χ4v) is 3.50. The van der Waals surface area contributed by atoms with Crippen LogP contribution in [0.25, 0.3) is 0 Å². The van der Waals surface area contributed by atoms with Crippen molar-refractivity contribution in [1.29, 1.82) is 0 Å². The van der Waals surface area contributed by atoms with Gasteiger partial charge in [0.25, 0.3) is 0 Å². The summed E-state index contributed by atoms with van der Waals surface area (Å²) in [6.07, 6.45) is 3.09. The number of hydrogen-bond donors (Lipinski definition) is 0. The Morgan fingerprint density at radius 3 is 2.57 bits per heavy atom. The van der Waals surface area contributed by atoms with Crippen molar-refractivity contribution in [2.45, 2.75) is 33.1 Å². The molecule has 2 aliphatic heterocycles. The van der Waals surface area contributed by atoms with E-state index in [0.29, 0.717) is 17.5 Å². The van der Waals surface area contributed by atoms with E-state index in [1.165, 1.54) is 31.5 Å². The largest absolute Gasteiger partial charge is 0.355 e. The zero-order valence-corrected chi connectivity index (χ0v) is 13.4. The second-order valence-electron chi connectivity index (χ2n) is 6.77. The number of pyridine rings is 1. The van der Waals surface area contributed by atoms with Crippen LogP contribution in [0.2, 0.25) is 0 Å². The first-order valence-electron chi connectivity index (χ1n) is 7.97. The average molecular weight is 287 g/mol. The summed E-state index contributed by atoms with van der Waals surface area (Å²) in [5.41, 5.74) is 2.28. The van der Waals surface area contributed by atoms with Gasteiger partial charge in [-0.1, -0.05) is 13.0 Å². The van der Waals surface area contributed by atoms with Crippen LogP contribution in [0.15, 0.2) is 12.1 Å². The van der Waals surface area contributed by atoms with E-state index in [4.69, 9.17) is 0 Å². The number of anilines is 1. The monoisotopic (exact) mass is 287 g/mol. The Kier molecular flexibility index (Phi) is 3.74. The van der Waals surface area contributed by atoms with Gasteiger partial charge in [-0.25, -0.2) is 4.98 Å². The first-order chi connectivity index (χ1) is 10.0. The van der Waals surface area contributed by atoms with Crippen molar-refractivity contribution in [2.24, 2.45) is 5.41 Å². The van der Waals surface area contributed by atoms with Gasteiger partial charge in [0.1, 0.15) is 11.5 Å². The quantitative estimate of drug-likeness (QED) is 0.800. The molecule has 4 heteroatoms. The number of rotatable bonds is 3. The van der Waals surface area contributed by atoms with Crippen LogP contribution in [0, 0.1) is 12.3 Å². The van der Waals surface area contributed by atoms with Gasteiger partial charge in [0.05, 0.1) is 0 Å². The summed E-state index contributed by atoms with van der Waals surface area (Å²) >= 11 is 0. The van der Waals surface area contributed by atoms with Gasteiger partial charge in [-0.2, -0.15) is 0 Å². The van der Waals surface area contributed by atoms with Crippen molar-refractivity contribution in [2.75, 3.05) is 38.1 Å². The minimum Gasteiger partial charge on any atom is -0.355 e. The first-order valence-corrected chi connectivity index (χ1v) is 7.97. The number of carbonyl (C=O) groups excluding carboxylic acids is 1. The number of Topliss-reactive ketones (excluding diaryl/α,β-unsaturated/α-hetero) is 1. The molecule has 3 heterocycles. The van der Waals surface area contributed by atoms with Gasteiger partial charge < -0.3 is 9.80 Å². The van der Waals surface area contributed by atoms with Gasteiger partial charge in [0.2, 0.25) is 0 Å². The highest BCUT2D eigenvalue weighted by atomic mass is 16.1. The van der Waals surface area contributed by atoms with Crippen LogP contribution >= 0.6 is 0 Å². The van der Waals surface area contributed by atoms with Crippen molar-refractivity contribution in [1.82, 2.24) is 9.88 Å². The van der Waals surface area contributed by atoms with Crippen molar-refractivity contribution in [3.8, 4) is 0 Å². The smallest absolute Gasteiger partial charge is 0.180 e. The van der Waals surface area contributed by atoms with E-state index in [9.17, 15) is 4.79 Å². The molecule has 0 aromatic carbocycles. The van der Waals surface area contributed by atoms with Crippen molar-refractivity contribution < 1.29 is 4.79 Å². The Balaban J connectivity index is 1.73. The predicted octanol–water partition coefficient (Wildman–Crippen LogP) is 2.51. The first kappa shape index (κ1) is 14.5. The Morgan fingerprint density at radius 1 is 1.29 bits per heavy atom. The number of nitrogens with zero attached hydrogens (tertiary/aromatic N) is 3. The van der Waals surface area contributed by atoms with E-state index in [2.05, 4.69) is 28.8 Å². The molecule has 4 nitrogen and oxygen atoms in total. The summed E-state index contributed by atoms with van der Waals surface area (Å²) in [6, 6.07) is 3.89. The van der Waals surface area contributed by atoms with E-state index in [-0.39, 0.29) is 5.78 Å². The van der Waals surface area contributed by atoms with Crippen LogP contribution in [0.3, 0.4) is 0 Å². The number of aromatic nitrogens is 1. The highest BCUT2D eigenvalue weighted by molar-refractivity contribution is 5.94. The number of hydrogen-bond acceptors (Lipinski definition) is 4. The number of likely N-dealkylation sites (tertiary alicyclic amines) is 1. The lowest BCUT2D eigenvalue weighted by atomic mass is 9.72. The van der Waals surface area contributed by atoms with Crippen molar-refractivity contribution in [3.63, 3.8) is 0 Å². The van der Waals surface area contributed by atoms with Crippen LogP contribution < -0.4 is 4.90 Å². The second-order valence-corrected chi connectivity index (χ2v) is 6.77. The molecule has 1 spiro atoms. The number of aryl methyl sites for hydroxylation is 1. The zero-order chi connectivity index (χ0) is 15.0. The molecule has 0 atom stereocenters. The Labute approximate surface area is 127 Å². The van der Waals surface area contributed by atoms with Crippen LogP contribution in [0.4, 0.5) is 5.82 Å². The molecule has 0 unspecified atom stereocenters. The van der Waals surface area contributed by atoms with Crippen molar-refractivity contribution >= 4 is 11.6 Å². The van der Waals surface area contributed by atoms with E-state index < -0.39 is 0 Å². The summed E-state index contributed by atoms with van der Waals surface area (Å²) < 4.78 is 0. The van der Waals surface area contributed by atoms with Gasteiger partial charge in [-0.3, -0.25) is 4.79 Å². The molecule has 0 radical (unpaired) electrons. The molecule has 2 fully saturated rings. The van der Waals surface area contributed by atoms with Crippen LogP contribution in [0.1, 0.15) is 42.2 Å². The third-order valence-electron chi connectivity index (χ3n) is 5.08. The fourth-order valence-electron chi connectivity index (χ4n) is 3.50. The molecule has 0 saturated carbocycles. The predicted molar refractivity (Wildman–Crippen MR) is 85.0 cm³/mol. The lowest BCUT2D eigenvalue weighted by Gasteiger charge is -2.54. The van der Waals surface area contributed by atoms with Gasteiger partial charge >= 0.3 is 0 Å². The fraction of sp³-hybridized carbons (Fsp3) is 0.647. The third-order valence-corrected chi connectivity index (χ3v) is 5.08. The van der Waals surface area contributed by atoms with Gasteiger partial charge in [-0.15, -0.1) is 0 Å². The zero-order valence-electron chi connectivity index (χ0n) is 13.4. The number of carbonyl (C=O) groups is 1. The highest BCUT2D eigenvalue weighted by Crippen LogP contribution is 2.42. The Morgan fingerprint density at radius 2 is 1.95 bits per heavy atom. The molecule has 0 amide bonds. The summed E-state index contributed by atoms with van der Waals surface area (Å²) in [5, 5.41) is 0. The number of piperidine rings is 1. The summed E-state index contributed by atoms with van der Waals surface area (Å²) in [4.78, 5) is 21.2. The molecule has 1 aromatic heterocycles. The molecule has 2 saturated heterocycles. The minimum absolute atomic E-state index is 0.130. The molecule has 3 rings (SSSR count). The van der Waals surface area contributed by atoms with Crippen LogP contribution in [0.5, 0.6) is 0 Å². The van der Waals surface area contributed by atoms with E-state index in [0.717, 1.165) is 18.9 Å². The lowest BCUT2D eigenvalue weighted by molar-refractivity contribution is 0.0898. The minimum atomic E-state index is 0.130. The Bertz CT molecular complexity index is 539. The maximum Gasteiger partial charge on any atom is 0.180 e. The molecule has 0 bridgehead atoms. The molecule has 1 aromatic rings. The van der Waals surface area contributed by atoms with Gasteiger partial charge in [0.15, 0.2) is 5.78 Å². The standard InChI is InChI=1S/C17H25N3O/c1-4-15(21)14-6-5-13(2)16(18-14)20-11-17(12-20)7-9-19(3)10-8-17/h5-6H,4,7-12H2,1-3H3. The molecule has 114 valence electrons. The van der Waals surface area contributed by atoms with Gasteiger partial charge in [-0.05, 0) is 51.5 Å².